The van der Waals surface area contributed by atoms with Crippen LogP contribution in [-0.2, 0) is 19.6 Å². The van der Waals surface area contributed by atoms with E-state index in [1.54, 1.807) is 24.1 Å². The highest BCUT2D eigenvalue weighted by atomic mass is 35.5. The van der Waals surface area contributed by atoms with Gasteiger partial charge in [0.05, 0.1) is 34.9 Å². The number of amides is 1. The van der Waals surface area contributed by atoms with Gasteiger partial charge in [0.25, 0.3) is 0 Å². The largest absolute Gasteiger partial charge is 0.494 e. The predicted molar refractivity (Wildman–Crippen MR) is 154 cm³/mol. The van der Waals surface area contributed by atoms with E-state index in [2.05, 4.69) is 4.90 Å². The zero-order chi connectivity index (χ0) is 27.6. The summed E-state index contributed by atoms with van der Waals surface area (Å²) in [5.41, 5.74) is 0.577. The van der Waals surface area contributed by atoms with Crippen molar-refractivity contribution < 1.29 is 22.7 Å². The number of nitrogens with zero attached hydrogens (tertiary/aromatic N) is 4. The van der Waals surface area contributed by atoms with Crippen LogP contribution in [-0.4, -0.2) is 87.6 Å². The van der Waals surface area contributed by atoms with Crippen molar-refractivity contribution in [3.05, 3.63) is 46.4 Å². The fourth-order valence-electron chi connectivity index (χ4n) is 5.00. The molecule has 1 unspecified atom stereocenters. The Morgan fingerprint density at radius 1 is 1.15 bits per heavy atom. The molecule has 0 spiro atoms. The molecule has 2 fully saturated rings. The molecule has 2 aliphatic rings. The summed E-state index contributed by atoms with van der Waals surface area (Å²) in [6, 6.07) is 8.68. The third-order valence-electron chi connectivity index (χ3n) is 7.03. The molecule has 2 saturated heterocycles. The van der Waals surface area contributed by atoms with E-state index < -0.39 is 16.1 Å². The van der Waals surface area contributed by atoms with Crippen molar-refractivity contribution in [1.82, 2.24) is 14.2 Å². The lowest BCUT2D eigenvalue weighted by molar-refractivity contribution is -0.121. The van der Waals surface area contributed by atoms with E-state index in [0.29, 0.717) is 70.2 Å². The number of hydrogen-bond donors (Lipinski definition) is 0. The molecule has 0 N–H and O–H groups in total. The van der Waals surface area contributed by atoms with E-state index in [9.17, 15) is 13.2 Å². The SMILES string of the molecule is COc1ccc(Cl)c2sc(N(CCCN3CCOCC3)C(=O)C3CCCN3S(=O)(=O)c3ccc(Cl)cc3)nc12. The minimum absolute atomic E-state index is 0.113. The normalized spacial score (nSPS) is 19.0. The Balaban J connectivity index is 1.45. The van der Waals surface area contributed by atoms with Crippen LogP contribution in [0, 0.1) is 0 Å². The van der Waals surface area contributed by atoms with Crippen LogP contribution < -0.4 is 9.64 Å². The Morgan fingerprint density at radius 3 is 2.62 bits per heavy atom. The first kappa shape index (κ1) is 28.5. The number of benzene rings is 2. The topological polar surface area (TPSA) is 92.3 Å². The van der Waals surface area contributed by atoms with Gasteiger partial charge in [0.2, 0.25) is 15.9 Å². The van der Waals surface area contributed by atoms with E-state index in [4.69, 9.17) is 37.7 Å². The highest BCUT2D eigenvalue weighted by molar-refractivity contribution is 7.89. The number of fused-ring (bicyclic) bond motifs is 1. The van der Waals surface area contributed by atoms with Crippen LogP contribution in [0.25, 0.3) is 10.2 Å². The molecule has 2 aromatic carbocycles. The monoisotopic (exact) mass is 612 g/mol. The first-order valence-electron chi connectivity index (χ1n) is 12.8. The molecule has 3 heterocycles. The van der Waals surface area contributed by atoms with E-state index in [1.807, 2.05) is 0 Å². The van der Waals surface area contributed by atoms with Crippen LogP contribution in [0.15, 0.2) is 41.3 Å². The highest BCUT2D eigenvalue weighted by Crippen LogP contribution is 2.39. The second kappa shape index (κ2) is 12.3. The number of halogens is 2. The standard InChI is InChI=1S/C26H30Cl2N4O5S2/c1-36-22-10-9-20(28)24-23(22)29-26(38-24)31(12-3-11-30-14-16-37-17-15-30)25(33)21-4-2-13-32(21)39(34,35)19-7-5-18(27)6-8-19/h5-10,21H,2-4,11-17H2,1H3. The highest BCUT2D eigenvalue weighted by Gasteiger charge is 2.42. The van der Waals surface area contributed by atoms with Crippen LogP contribution in [0.1, 0.15) is 19.3 Å². The van der Waals surface area contributed by atoms with Gasteiger partial charge in [-0.1, -0.05) is 34.5 Å². The number of thiazole rings is 1. The summed E-state index contributed by atoms with van der Waals surface area (Å²) in [7, 11) is -2.34. The lowest BCUT2D eigenvalue weighted by Crippen LogP contribution is -2.48. The fraction of sp³-hybridized carbons (Fsp3) is 0.462. The van der Waals surface area contributed by atoms with Gasteiger partial charge < -0.3 is 9.47 Å². The van der Waals surface area contributed by atoms with Gasteiger partial charge in [-0.15, -0.1) is 0 Å². The Labute approximate surface area is 242 Å². The maximum Gasteiger partial charge on any atom is 0.247 e. The Bertz CT molecular complexity index is 1430. The molecule has 1 atom stereocenters. The van der Waals surface area contributed by atoms with Crippen molar-refractivity contribution in [2.45, 2.75) is 30.2 Å². The summed E-state index contributed by atoms with van der Waals surface area (Å²) >= 11 is 13.8. The molecule has 210 valence electrons. The van der Waals surface area contributed by atoms with Crippen molar-refractivity contribution in [3.8, 4) is 5.75 Å². The van der Waals surface area contributed by atoms with Crippen LogP contribution >= 0.6 is 34.5 Å². The zero-order valence-corrected chi connectivity index (χ0v) is 24.7. The number of methoxy groups -OCH3 is 1. The van der Waals surface area contributed by atoms with Crippen molar-refractivity contribution in [1.29, 1.82) is 0 Å². The molecule has 1 aromatic heterocycles. The summed E-state index contributed by atoms with van der Waals surface area (Å²) in [5.74, 6) is 0.270. The van der Waals surface area contributed by atoms with Crippen LogP contribution in [0.4, 0.5) is 5.13 Å². The van der Waals surface area contributed by atoms with Crippen LogP contribution in [0.2, 0.25) is 10.0 Å². The quantitative estimate of drug-likeness (QED) is 0.351. The number of carbonyl (C=O) groups is 1. The lowest BCUT2D eigenvalue weighted by Gasteiger charge is -2.30. The predicted octanol–water partition coefficient (Wildman–Crippen LogP) is 4.52. The lowest BCUT2D eigenvalue weighted by atomic mass is 10.2. The second-order valence-electron chi connectivity index (χ2n) is 9.45. The average Bonchev–Trinajstić information content (AvgIpc) is 3.61. The Hall–Kier alpha value is -1.99. The van der Waals surface area contributed by atoms with Gasteiger partial charge in [0.1, 0.15) is 17.3 Å². The maximum atomic E-state index is 14.2. The molecule has 39 heavy (non-hydrogen) atoms. The minimum Gasteiger partial charge on any atom is -0.494 e. The summed E-state index contributed by atoms with van der Waals surface area (Å²) in [6.07, 6.45) is 1.72. The molecule has 0 aliphatic carbocycles. The van der Waals surface area contributed by atoms with Crippen LogP contribution in [0.5, 0.6) is 5.75 Å². The molecule has 0 bridgehead atoms. The van der Waals surface area contributed by atoms with Gasteiger partial charge in [-0.2, -0.15) is 4.31 Å². The summed E-state index contributed by atoms with van der Waals surface area (Å²) < 4.78 is 40.1. The number of aromatic nitrogens is 1. The number of rotatable bonds is 9. The van der Waals surface area contributed by atoms with Crippen molar-refractivity contribution in [2.75, 3.05) is 57.9 Å². The summed E-state index contributed by atoms with van der Waals surface area (Å²) in [5, 5.41) is 1.43. The number of ether oxygens (including phenoxy) is 2. The molecule has 5 rings (SSSR count). The van der Waals surface area contributed by atoms with E-state index in [0.717, 1.165) is 19.6 Å². The molecule has 3 aromatic rings. The molecule has 1 amide bonds. The number of sulfonamides is 1. The number of hydrogen-bond acceptors (Lipinski definition) is 8. The van der Waals surface area contributed by atoms with Gasteiger partial charge in [0, 0.05) is 37.7 Å². The zero-order valence-electron chi connectivity index (χ0n) is 21.5. The smallest absolute Gasteiger partial charge is 0.247 e. The molecule has 13 heteroatoms. The molecule has 9 nitrogen and oxygen atoms in total. The third-order valence-corrected chi connectivity index (χ3v) is 10.7. The number of morpholine rings is 1. The summed E-state index contributed by atoms with van der Waals surface area (Å²) in [4.78, 5) is 23.0. The van der Waals surface area contributed by atoms with Gasteiger partial charge in [-0.05, 0) is 55.7 Å². The van der Waals surface area contributed by atoms with Crippen molar-refractivity contribution in [3.63, 3.8) is 0 Å². The molecular weight excluding hydrogens is 583 g/mol. The van der Waals surface area contributed by atoms with E-state index in [1.165, 1.54) is 39.9 Å². The third kappa shape index (κ3) is 6.04. The molecule has 0 radical (unpaired) electrons. The molecule has 0 saturated carbocycles. The number of anilines is 1. The van der Waals surface area contributed by atoms with E-state index in [-0.39, 0.29) is 17.3 Å². The fourth-order valence-corrected chi connectivity index (χ4v) is 8.06. The van der Waals surface area contributed by atoms with Crippen LogP contribution in [0.3, 0.4) is 0 Å². The van der Waals surface area contributed by atoms with Gasteiger partial charge in [0.15, 0.2) is 5.13 Å². The van der Waals surface area contributed by atoms with Crippen molar-refractivity contribution >= 4 is 65.8 Å². The second-order valence-corrected chi connectivity index (χ2v) is 13.2. The summed E-state index contributed by atoms with van der Waals surface area (Å²) in [6.45, 7) is 4.52. The first-order valence-corrected chi connectivity index (χ1v) is 15.8. The first-order chi connectivity index (χ1) is 18.8. The molecular formula is C26H30Cl2N4O5S2. The molecule has 2 aliphatic heterocycles. The van der Waals surface area contributed by atoms with E-state index >= 15 is 0 Å². The van der Waals surface area contributed by atoms with Gasteiger partial charge in [-0.3, -0.25) is 14.6 Å². The minimum atomic E-state index is -3.90. The maximum absolute atomic E-state index is 14.2. The van der Waals surface area contributed by atoms with Gasteiger partial charge >= 0.3 is 0 Å². The Kier molecular flexibility index (Phi) is 8.97. The average molecular weight is 614 g/mol. The van der Waals surface area contributed by atoms with Crippen molar-refractivity contribution in [2.24, 2.45) is 0 Å². The van der Waals surface area contributed by atoms with Gasteiger partial charge in [-0.25, -0.2) is 13.4 Å². The number of carbonyl (C=O) groups excluding carboxylic acids is 1. The Morgan fingerprint density at radius 2 is 1.90 bits per heavy atom.